The van der Waals surface area contributed by atoms with Crippen LogP contribution >= 0.6 is 0 Å². The van der Waals surface area contributed by atoms with Crippen LogP contribution in [0.3, 0.4) is 0 Å². The Kier molecular flexibility index (Phi) is 1.75. The molecule has 6 heteroatoms. The molecule has 74 valence electrons. The molecule has 1 heterocycles. The van der Waals surface area contributed by atoms with E-state index in [-0.39, 0.29) is 4.90 Å². The first kappa shape index (κ1) is 9.01. The Morgan fingerprint density at radius 1 is 1.43 bits per heavy atom. The standard InChI is InChI=1S/C8H9N3O2S/c1-5-10-8-6(9)3-2-4-7(8)14(12,13)11-5/h2-4H,9H2,1H3,(H,10,11). The molecule has 0 saturated heterocycles. The van der Waals surface area contributed by atoms with Crippen molar-refractivity contribution in [1.29, 1.82) is 0 Å². The molecule has 1 aliphatic heterocycles. The van der Waals surface area contributed by atoms with E-state index in [2.05, 4.69) is 9.71 Å². The molecule has 5 nitrogen and oxygen atoms in total. The summed E-state index contributed by atoms with van der Waals surface area (Å²) in [4.78, 5) is 0.128. The van der Waals surface area contributed by atoms with Gasteiger partial charge in [0, 0.05) is 0 Å². The van der Waals surface area contributed by atoms with E-state index < -0.39 is 10.0 Å². The van der Waals surface area contributed by atoms with Crippen LogP contribution in [0.1, 0.15) is 6.92 Å². The summed E-state index contributed by atoms with van der Waals surface area (Å²) in [7, 11) is -3.57. The van der Waals surface area contributed by atoms with Crippen molar-refractivity contribution in [2.75, 3.05) is 11.1 Å². The molecule has 1 aromatic rings. The van der Waals surface area contributed by atoms with Crippen LogP contribution in [-0.4, -0.2) is 14.3 Å². The molecule has 0 fully saturated rings. The van der Waals surface area contributed by atoms with Gasteiger partial charge in [-0.2, -0.15) is 8.42 Å². The monoisotopic (exact) mass is 211 g/mol. The largest absolute Gasteiger partial charge is 0.397 e. The maximum Gasteiger partial charge on any atom is 0.286 e. The van der Waals surface area contributed by atoms with Crippen LogP contribution in [0.4, 0.5) is 11.4 Å². The van der Waals surface area contributed by atoms with Crippen LogP contribution in [0.5, 0.6) is 0 Å². The van der Waals surface area contributed by atoms with E-state index in [1.807, 2.05) is 0 Å². The van der Waals surface area contributed by atoms with Crippen molar-refractivity contribution in [3.05, 3.63) is 18.2 Å². The Morgan fingerprint density at radius 3 is 2.86 bits per heavy atom. The Labute approximate surface area is 81.7 Å². The number of benzene rings is 1. The van der Waals surface area contributed by atoms with Crippen molar-refractivity contribution in [1.82, 2.24) is 0 Å². The molecular weight excluding hydrogens is 202 g/mol. The number of rotatable bonds is 0. The van der Waals surface area contributed by atoms with Gasteiger partial charge >= 0.3 is 0 Å². The molecule has 1 aliphatic rings. The maximum atomic E-state index is 11.6. The molecule has 14 heavy (non-hydrogen) atoms. The van der Waals surface area contributed by atoms with Gasteiger partial charge < -0.3 is 11.1 Å². The highest BCUT2D eigenvalue weighted by Gasteiger charge is 2.24. The molecular formula is C8H9N3O2S. The zero-order valence-electron chi connectivity index (χ0n) is 7.48. The van der Waals surface area contributed by atoms with E-state index in [1.165, 1.54) is 6.07 Å². The maximum absolute atomic E-state index is 11.6. The van der Waals surface area contributed by atoms with Crippen LogP contribution in [0.2, 0.25) is 0 Å². The smallest absolute Gasteiger partial charge is 0.286 e. The molecule has 0 aromatic heterocycles. The quantitative estimate of drug-likeness (QED) is 0.622. The van der Waals surface area contributed by atoms with Gasteiger partial charge in [0.2, 0.25) is 0 Å². The van der Waals surface area contributed by atoms with Gasteiger partial charge in [0.15, 0.2) is 0 Å². The molecule has 0 amide bonds. The molecule has 3 N–H and O–H groups in total. The van der Waals surface area contributed by atoms with Gasteiger partial charge in [-0.25, -0.2) is 0 Å². The molecule has 0 aliphatic carbocycles. The second-order valence-electron chi connectivity index (χ2n) is 3.00. The summed E-state index contributed by atoms with van der Waals surface area (Å²) >= 11 is 0. The normalized spacial score (nSPS) is 17.9. The van der Waals surface area contributed by atoms with Gasteiger partial charge in [-0.05, 0) is 19.1 Å². The third-order valence-electron chi connectivity index (χ3n) is 1.90. The number of nitrogens with two attached hydrogens (primary N) is 1. The van der Waals surface area contributed by atoms with E-state index in [9.17, 15) is 8.42 Å². The van der Waals surface area contributed by atoms with E-state index in [4.69, 9.17) is 5.73 Å². The lowest BCUT2D eigenvalue weighted by Crippen LogP contribution is -2.19. The number of anilines is 2. The average Bonchev–Trinajstić information content (AvgIpc) is 2.05. The Bertz CT molecular complexity index is 519. The molecule has 0 spiro atoms. The van der Waals surface area contributed by atoms with Crippen molar-refractivity contribution in [2.45, 2.75) is 11.8 Å². The van der Waals surface area contributed by atoms with E-state index in [0.717, 1.165) is 0 Å². The first-order valence-corrected chi connectivity index (χ1v) is 5.42. The van der Waals surface area contributed by atoms with Crippen molar-refractivity contribution in [2.24, 2.45) is 4.40 Å². The van der Waals surface area contributed by atoms with Gasteiger partial charge in [0.1, 0.15) is 10.7 Å². The number of hydrogen-bond donors (Lipinski definition) is 2. The number of hydrogen-bond acceptors (Lipinski definition) is 4. The molecule has 0 radical (unpaired) electrons. The fourth-order valence-electron chi connectivity index (χ4n) is 1.33. The fourth-order valence-corrected chi connectivity index (χ4v) is 2.51. The Hall–Kier alpha value is -1.56. The average molecular weight is 211 g/mol. The second kappa shape index (κ2) is 2.71. The van der Waals surface area contributed by atoms with Crippen LogP contribution in [-0.2, 0) is 10.0 Å². The van der Waals surface area contributed by atoms with E-state index in [0.29, 0.717) is 17.2 Å². The molecule has 0 atom stereocenters. The molecule has 0 unspecified atom stereocenters. The Balaban J connectivity index is 2.78. The number of nitrogen functional groups attached to an aromatic ring is 1. The summed E-state index contributed by atoms with van der Waals surface area (Å²) in [5.41, 5.74) is 6.46. The molecule has 0 bridgehead atoms. The van der Waals surface area contributed by atoms with Crippen molar-refractivity contribution < 1.29 is 8.42 Å². The lowest BCUT2D eigenvalue weighted by molar-refractivity contribution is 0.598. The van der Waals surface area contributed by atoms with Crippen molar-refractivity contribution in [3.63, 3.8) is 0 Å². The van der Waals surface area contributed by atoms with Gasteiger partial charge in [-0.1, -0.05) is 6.07 Å². The highest BCUT2D eigenvalue weighted by molar-refractivity contribution is 7.90. The fraction of sp³-hybridized carbons (Fsp3) is 0.125. The van der Waals surface area contributed by atoms with Gasteiger partial charge in [-0.3, -0.25) is 0 Å². The van der Waals surface area contributed by atoms with Crippen LogP contribution in [0, 0.1) is 0 Å². The number of nitrogens with zero attached hydrogens (tertiary/aromatic N) is 1. The predicted octanol–water partition coefficient (Wildman–Crippen LogP) is 0.801. The van der Waals surface area contributed by atoms with Crippen LogP contribution < -0.4 is 11.1 Å². The highest BCUT2D eigenvalue weighted by Crippen LogP contribution is 2.31. The number of amidine groups is 1. The number of sulfonamides is 1. The van der Waals surface area contributed by atoms with Crippen molar-refractivity contribution >= 4 is 27.2 Å². The highest BCUT2D eigenvalue weighted by atomic mass is 32.2. The minimum atomic E-state index is -3.57. The minimum absolute atomic E-state index is 0.128. The summed E-state index contributed by atoms with van der Waals surface area (Å²) in [6, 6.07) is 4.70. The lowest BCUT2D eigenvalue weighted by Gasteiger charge is -2.17. The topological polar surface area (TPSA) is 84.5 Å². The first-order chi connectivity index (χ1) is 6.50. The van der Waals surface area contributed by atoms with Crippen LogP contribution in [0.15, 0.2) is 27.5 Å². The first-order valence-electron chi connectivity index (χ1n) is 3.98. The van der Waals surface area contributed by atoms with Crippen LogP contribution in [0.25, 0.3) is 0 Å². The third-order valence-corrected chi connectivity index (χ3v) is 3.31. The predicted molar refractivity (Wildman–Crippen MR) is 54.8 cm³/mol. The molecule has 2 rings (SSSR count). The molecule has 0 saturated carbocycles. The van der Waals surface area contributed by atoms with Gasteiger partial charge in [0.25, 0.3) is 10.0 Å². The minimum Gasteiger partial charge on any atom is -0.397 e. The third kappa shape index (κ3) is 1.24. The summed E-state index contributed by atoms with van der Waals surface area (Å²) < 4.78 is 26.6. The van der Waals surface area contributed by atoms with Crippen molar-refractivity contribution in [3.8, 4) is 0 Å². The molecule has 1 aromatic carbocycles. The zero-order valence-corrected chi connectivity index (χ0v) is 8.30. The van der Waals surface area contributed by atoms with Gasteiger partial charge in [-0.15, -0.1) is 4.40 Å². The number of nitrogens with one attached hydrogen (secondary N) is 1. The van der Waals surface area contributed by atoms with E-state index in [1.54, 1.807) is 19.1 Å². The summed E-state index contributed by atoms with van der Waals surface area (Å²) in [6.45, 7) is 1.58. The SMILES string of the molecule is CC1=NS(=O)(=O)c2cccc(N)c2N1. The summed E-state index contributed by atoms with van der Waals surface area (Å²) in [6.07, 6.45) is 0. The van der Waals surface area contributed by atoms with E-state index >= 15 is 0 Å². The summed E-state index contributed by atoms with van der Waals surface area (Å²) in [5, 5.41) is 2.83. The van der Waals surface area contributed by atoms with Gasteiger partial charge in [0.05, 0.1) is 11.4 Å². The summed E-state index contributed by atoms with van der Waals surface area (Å²) in [5.74, 6) is 0.329. The Morgan fingerprint density at radius 2 is 2.14 bits per heavy atom. The second-order valence-corrected chi connectivity index (χ2v) is 4.57. The number of para-hydroxylation sites is 1. The lowest BCUT2D eigenvalue weighted by atomic mass is 10.2. The zero-order chi connectivity index (χ0) is 10.3. The number of fused-ring (bicyclic) bond motifs is 1.